The molecule has 1 aromatic carbocycles. The van der Waals surface area contributed by atoms with Gasteiger partial charge in [-0.2, -0.15) is 0 Å². The lowest BCUT2D eigenvalue weighted by Crippen LogP contribution is -2.22. The average Bonchev–Trinajstić information content (AvgIpc) is 2.22. The Morgan fingerprint density at radius 2 is 1.94 bits per heavy atom. The van der Waals surface area contributed by atoms with Crippen molar-refractivity contribution in [1.29, 1.82) is 0 Å². The highest BCUT2D eigenvalue weighted by Gasteiger charge is 2.21. The molecule has 0 amide bonds. The number of rotatable bonds is 5. The molecule has 1 unspecified atom stereocenters. The molecule has 1 rings (SSSR count). The predicted molar refractivity (Wildman–Crippen MR) is 73.5 cm³/mol. The van der Waals surface area contributed by atoms with Crippen LogP contribution in [0.2, 0.25) is 0 Å². The van der Waals surface area contributed by atoms with Gasteiger partial charge in [0.05, 0.1) is 0 Å². The molecule has 1 atom stereocenters. The molecule has 1 N–H and O–H groups in total. The van der Waals surface area contributed by atoms with Crippen LogP contribution in [0.5, 0.6) is 0 Å². The maximum atomic E-state index is 11.1. The van der Waals surface area contributed by atoms with Crippen LogP contribution in [0.3, 0.4) is 0 Å². The van der Waals surface area contributed by atoms with Crippen LogP contribution in [-0.4, -0.2) is 16.3 Å². The number of benzene rings is 1. The van der Waals surface area contributed by atoms with E-state index in [4.69, 9.17) is 5.11 Å². The first-order valence-electron chi connectivity index (χ1n) is 5.82. The van der Waals surface area contributed by atoms with Crippen LogP contribution < -0.4 is 0 Å². The van der Waals surface area contributed by atoms with Crippen molar-refractivity contribution < 1.29 is 9.90 Å². The van der Waals surface area contributed by atoms with Crippen molar-refractivity contribution in [1.82, 2.24) is 0 Å². The number of aliphatic carboxylic acids is 1. The lowest BCUT2D eigenvalue weighted by Gasteiger charge is -2.15. The minimum atomic E-state index is -0.714. The van der Waals surface area contributed by atoms with Crippen LogP contribution in [-0.2, 0) is 10.5 Å². The van der Waals surface area contributed by atoms with Crippen LogP contribution in [0.1, 0.15) is 30.5 Å². The van der Waals surface area contributed by atoms with Crippen molar-refractivity contribution in [2.75, 3.05) is 0 Å². The summed E-state index contributed by atoms with van der Waals surface area (Å²) < 4.78 is 0. The van der Waals surface area contributed by atoms with E-state index in [0.29, 0.717) is 0 Å². The second-order valence-corrected chi connectivity index (χ2v) is 5.86. The molecule has 0 saturated heterocycles. The molecule has 2 nitrogen and oxygen atoms in total. The fourth-order valence-corrected chi connectivity index (χ4v) is 2.71. The van der Waals surface area contributed by atoms with Crippen molar-refractivity contribution in [2.45, 2.75) is 38.7 Å². The third-order valence-corrected chi connectivity index (χ3v) is 4.45. The number of carbonyl (C=O) groups is 1. The van der Waals surface area contributed by atoms with Crippen molar-refractivity contribution in [3.05, 3.63) is 34.9 Å². The first-order valence-corrected chi connectivity index (χ1v) is 6.87. The third-order valence-electron chi connectivity index (χ3n) is 2.85. The van der Waals surface area contributed by atoms with Crippen molar-refractivity contribution in [2.24, 2.45) is 5.92 Å². The van der Waals surface area contributed by atoms with Gasteiger partial charge < -0.3 is 5.11 Å². The summed E-state index contributed by atoms with van der Waals surface area (Å²) in [6.07, 6.45) is 0. The van der Waals surface area contributed by atoms with E-state index in [2.05, 4.69) is 32.0 Å². The van der Waals surface area contributed by atoms with Gasteiger partial charge in [-0.3, -0.25) is 4.79 Å². The maximum Gasteiger partial charge on any atom is 0.316 e. The Hall–Kier alpha value is -0.960. The molecular formula is C14H20O2S. The summed E-state index contributed by atoms with van der Waals surface area (Å²) in [5.74, 6) is 0.203. The van der Waals surface area contributed by atoms with E-state index < -0.39 is 5.97 Å². The minimum Gasteiger partial charge on any atom is -0.480 e. The molecule has 94 valence electrons. The fraction of sp³-hybridized carbons (Fsp3) is 0.500. The number of hydrogen-bond donors (Lipinski definition) is 1. The summed E-state index contributed by atoms with van der Waals surface area (Å²) >= 11 is 1.51. The third kappa shape index (κ3) is 4.08. The minimum absolute atomic E-state index is 0.157. The van der Waals surface area contributed by atoms with Gasteiger partial charge in [-0.15, -0.1) is 11.8 Å². The van der Waals surface area contributed by atoms with Crippen LogP contribution in [0.15, 0.2) is 18.2 Å². The summed E-state index contributed by atoms with van der Waals surface area (Å²) in [6, 6.07) is 6.31. The lowest BCUT2D eigenvalue weighted by atomic mass is 10.1. The quantitative estimate of drug-likeness (QED) is 0.869. The average molecular weight is 252 g/mol. The van der Waals surface area contributed by atoms with Gasteiger partial charge >= 0.3 is 5.97 Å². The van der Waals surface area contributed by atoms with E-state index in [1.165, 1.54) is 28.5 Å². The highest BCUT2D eigenvalue weighted by molar-refractivity contribution is 7.99. The number of aryl methyl sites for hydroxylation is 2. The number of hydrogen-bond acceptors (Lipinski definition) is 2. The monoisotopic (exact) mass is 252 g/mol. The molecule has 17 heavy (non-hydrogen) atoms. The molecule has 0 bridgehead atoms. The van der Waals surface area contributed by atoms with Crippen LogP contribution in [0, 0.1) is 19.8 Å². The fourth-order valence-electron chi connectivity index (χ4n) is 1.63. The van der Waals surface area contributed by atoms with Gasteiger partial charge in [0.2, 0.25) is 0 Å². The number of carboxylic acid groups (broad SMARTS) is 1. The van der Waals surface area contributed by atoms with Gasteiger partial charge in [-0.1, -0.05) is 32.0 Å². The molecule has 0 heterocycles. The molecule has 0 saturated carbocycles. The first kappa shape index (κ1) is 14.1. The molecule has 0 aliphatic heterocycles. The van der Waals surface area contributed by atoms with Crippen molar-refractivity contribution in [3.8, 4) is 0 Å². The molecule has 0 spiro atoms. The van der Waals surface area contributed by atoms with Crippen molar-refractivity contribution >= 4 is 17.7 Å². The van der Waals surface area contributed by atoms with Gasteiger partial charge in [-0.05, 0) is 36.5 Å². The Kier molecular flexibility index (Phi) is 5.06. The standard InChI is InChI=1S/C14H20O2S/c1-9(2)13(14(15)16)17-8-12-6-5-10(3)11(4)7-12/h5-7,9,13H,8H2,1-4H3,(H,15,16). The largest absolute Gasteiger partial charge is 0.480 e. The van der Waals surface area contributed by atoms with Crippen LogP contribution in [0.25, 0.3) is 0 Å². The maximum absolute atomic E-state index is 11.1. The van der Waals surface area contributed by atoms with E-state index in [-0.39, 0.29) is 11.2 Å². The Labute approximate surface area is 107 Å². The SMILES string of the molecule is Cc1ccc(CSC(C(=O)O)C(C)C)cc1C. The zero-order valence-corrected chi connectivity index (χ0v) is 11.7. The molecule has 0 radical (unpaired) electrons. The molecular weight excluding hydrogens is 232 g/mol. The summed E-state index contributed by atoms with van der Waals surface area (Å²) in [7, 11) is 0. The molecule has 3 heteroatoms. The predicted octanol–water partition coefficient (Wildman–Crippen LogP) is 3.65. The normalized spacial score (nSPS) is 12.8. The number of thioether (sulfide) groups is 1. The van der Waals surface area contributed by atoms with E-state index in [1.54, 1.807) is 0 Å². The zero-order chi connectivity index (χ0) is 13.0. The molecule has 0 aliphatic carbocycles. The molecule has 0 fully saturated rings. The van der Waals surface area contributed by atoms with Gasteiger partial charge in [0, 0.05) is 5.75 Å². The van der Waals surface area contributed by atoms with E-state index >= 15 is 0 Å². The van der Waals surface area contributed by atoms with Crippen LogP contribution in [0.4, 0.5) is 0 Å². The zero-order valence-electron chi connectivity index (χ0n) is 10.9. The number of carboxylic acids is 1. The highest BCUT2D eigenvalue weighted by Crippen LogP contribution is 2.24. The molecule has 0 aromatic heterocycles. The Morgan fingerprint density at radius 3 is 2.41 bits per heavy atom. The first-order chi connectivity index (χ1) is 7.91. The Bertz CT molecular complexity index is 399. The Balaban J connectivity index is 2.65. The Morgan fingerprint density at radius 1 is 1.29 bits per heavy atom. The summed E-state index contributed by atoms with van der Waals surface area (Å²) in [5, 5.41) is 8.78. The van der Waals surface area contributed by atoms with E-state index in [0.717, 1.165) is 5.75 Å². The summed E-state index contributed by atoms with van der Waals surface area (Å²) in [6.45, 7) is 8.07. The van der Waals surface area contributed by atoms with Gasteiger partial charge in [0.25, 0.3) is 0 Å². The lowest BCUT2D eigenvalue weighted by molar-refractivity contribution is -0.137. The van der Waals surface area contributed by atoms with E-state index in [1.807, 2.05) is 13.8 Å². The smallest absolute Gasteiger partial charge is 0.316 e. The second-order valence-electron chi connectivity index (χ2n) is 4.73. The second kappa shape index (κ2) is 6.10. The molecule has 1 aromatic rings. The topological polar surface area (TPSA) is 37.3 Å². The van der Waals surface area contributed by atoms with Gasteiger partial charge in [0.1, 0.15) is 5.25 Å². The van der Waals surface area contributed by atoms with Gasteiger partial charge in [0.15, 0.2) is 0 Å². The summed E-state index contributed by atoms with van der Waals surface area (Å²) in [4.78, 5) is 11.1. The van der Waals surface area contributed by atoms with Crippen molar-refractivity contribution in [3.63, 3.8) is 0 Å². The summed E-state index contributed by atoms with van der Waals surface area (Å²) in [5.41, 5.74) is 3.74. The van der Waals surface area contributed by atoms with E-state index in [9.17, 15) is 4.79 Å². The highest BCUT2D eigenvalue weighted by atomic mass is 32.2. The van der Waals surface area contributed by atoms with Crippen LogP contribution >= 0.6 is 11.8 Å². The van der Waals surface area contributed by atoms with Gasteiger partial charge in [-0.25, -0.2) is 0 Å². The molecule has 0 aliphatic rings.